The summed E-state index contributed by atoms with van der Waals surface area (Å²) in [5.41, 5.74) is 2.48. The Balaban J connectivity index is 1.39. The van der Waals surface area contributed by atoms with Crippen molar-refractivity contribution in [3.63, 3.8) is 0 Å². The number of aliphatic carboxylic acids is 1. The second-order valence-corrected chi connectivity index (χ2v) is 9.20. The summed E-state index contributed by atoms with van der Waals surface area (Å²) in [5.74, 6) is 1.72. The Hall–Kier alpha value is -4.79. The molecule has 1 amide bonds. The molecule has 0 aliphatic rings. The van der Waals surface area contributed by atoms with Gasteiger partial charge in [-0.1, -0.05) is 30.3 Å². The van der Waals surface area contributed by atoms with Gasteiger partial charge in [0.1, 0.15) is 29.1 Å². The highest BCUT2D eigenvalue weighted by Gasteiger charge is 2.32. The Kier molecular flexibility index (Phi) is 9.06. The summed E-state index contributed by atoms with van der Waals surface area (Å²) in [4.78, 5) is 30.7. The molecule has 0 bridgehead atoms. The van der Waals surface area contributed by atoms with E-state index < -0.39 is 24.1 Å². The number of hydrogen-bond donors (Lipinski definition) is 1. The van der Waals surface area contributed by atoms with Crippen LogP contribution in [-0.2, 0) is 11.2 Å². The summed E-state index contributed by atoms with van der Waals surface area (Å²) in [6, 6.07) is 21.7. The summed E-state index contributed by atoms with van der Waals surface area (Å²) >= 11 is 0. The first-order chi connectivity index (χ1) is 19.3. The fourth-order valence-electron chi connectivity index (χ4n) is 4.20. The molecule has 0 fully saturated rings. The first-order valence-corrected chi connectivity index (χ1v) is 12.9. The molecule has 0 saturated heterocycles. The quantitative estimate of drug-likeness (QED) is 0.234. The maximum atomic E-state index is 13.1. The number of rotatable bonds is 11. The van der Waals surface area contributed by atoms with E-state index in [2.05, 4.69) is 4.98 Å². The third kappa shape index (κ3) is 6.79. The normalized spacial score (nSPS) is 12.3. The lowest BCUT2D eigenvalue weighted by Gasteiger charge is -2.31. The van der Waals surface area contributed by atoms with Crippen LogP contribution in [0.3, 0.4) is 0 Å². The number of carboxylic acids is 1. The van der Waals surface area contributed by atoms with E-state index in [1.807, 2.05) is 37.3 Å². The van der Waals surface area contributed by atoms with E-state index in [0.717, 1.165) is 22.6 Å². The summed E-state index contributed by atoms with van der Waals surface area (Å²) in [6.45, 7) is 5.48. The number of ether oxygens (including phenoxy) is 3. The zero-order valence-corrected chi connectivity index (χ0v) is 22.9. The molecule has 9 nitrogen and oxygen atoms in total. The monoisotopic (exact) mass is 544 g/mol. The molecule has 40 heavy (non-hydrogen) atoms. The van der Waals surface area contributed by atoms with Gasteiger partial charge in [-0.05, 0) is 74.9 Å². The van der Waals surface area contributed by atoms with E-state index >= 15 is 0 Å². The van der Waals surface area contributed by atoms with Crippen molar-refractivity contribution in [2.75, 3.05) is 13.7 Å². The molecule has 1 aromatic heterocycles. The number of carbonyl (C=O) groups excluding carboxylic acids is 1. The number of oxazole rings is 1. The fourth-order valence-corrected chi connectivity index (χ4v) is 4.20. The molecule has 0 saturated carbocycles. The lowest BCUT2D eigenvalue weighted by Crippen LogP contribution is -2.46. The maximum absolute atomic E-state index is 13.1. The molecule has 0 radical (unpaired) electrons. The van der Waals surface area contributed by atoms with Gasteiger partial charge >= 0.3 is 12.1 Å². The van der Waals surface area contributed by atoms with Crippen molar-refractivity contribution in [1.82, 2.24) is 9.88 Å². The number of benzene rings is 3. The highest BCUT2D eigenvalue weighted by Crippen LogP contribution is 2.27. The zero-order valence-electron chi connectivity index (χ0n) is 22.9. The minimum absolute atomic E-state index is 0.280. The highest BCUT2D eigenvalue weighted by molar-refractivity contribution is 5.81. The van der Waals surface area contributed by atoms with Crippen LogP contribution in [-0.4, -0.2) is 46.8 Å². The first kappa shape index (κ1) is 28.2. The number of carboxylic acid groups (broad SMARTS) is 1. The standard InChI is InChI=1S/C31H32N2O7/c1-20(33(21(2)30(34)35)31(36)40-27-16-14-25(37-4)15-17-27)23-10-12-26(13-11-23)38-19-18-28-22(3)39-29(32-28)24-8-6-5-7-9-24/h5-17,20-21H,18-19H2,1-4H3,(H,34,35)/t20-,21+/m0/s1. The van der Waals surface area contributed by atoms with Crippen molar-refractivity contribution in [1.29, 1.82) is 0 Å². The molecule has 0 spiro atoms. The number of methoxy groups -OCH3 is 1. The molecule has 9 heteroatoms. The van der Waals surface area contributed by atoms with Crippen LogP contribution in [0.1, 0.15) is 36.9 Å². The Labute approximate surface area is 232 Å². The summed E-state index contributed by atoms with van der Waals surface area (Å²) in [5, 5.41) is 9.65. The van der Waals surface area contributed by atoms with Gasteiger partial charge in [-0.2, -0.15) is 0 Å². The molecule has 1 N–H and O–H groups in total. The predicted molar refractivity (Wildman–Crippen MR) is 149 cm³/mol. The topological polar surface area (TPSA) is 111 Å². The predicted octanol–water partition coefficient (Wildman–Crippen LogP) is 6.32. The molecule has 0 aliphatic heterocycles. The summed E-state index contributed by atoms with van der Waals surface area (Å²) in [6.07, 6.45) is -0.202. The molecule has 4 aromatic rings. The second kappa shape index (κ2) is 12.8. The molecular formula is C31H32N2O7. The molecule has 208 valence electrons. The lowest BCUT2D eigenvalue weighted by atomic mass is 10.1. The van der Waals surface area contributed by atoms with Crippen LogP contribution < -0.4 is 14.2 Å². The lowest BCUT2D eigenvalue weighted by molar-refractivity contribution is -0.142. The van der Waals surface area contributed by atoms with Crippen molar-refractivity contribution >= 4 is 12.1 Å². The van der Waals surface area contributed by atoms with Crippen molar-refractivity contribution in [3.05, 3.63) is 95.9 Å². The maximum Gasteiger partial charge on any atom is 0.416 e. The molecular weight excluding hydrogens is 512 g/mol. The Morgan fingerprint density at radius 2 is 1.55 bits per heavy atom. The van der Waals surface area contributed by atoms with E-state index in [9.17, 15) is 14.7 Å². The molecule has 2 atom stereocenters. The van der Waals surface area contributed by atoms with E-state index in [-0.39, 0.29) is 5.75 Å². The van der Waals surface area contributed by atoms with Crippen molar-refractivity contribution < 1.29 is 33.3 Å². The molecule has 4 rings (SSSR count). The molecule has 1 heterocycles. The number of carbonyl (C=O) groups is 2. The van der Waals surface area contributed by atoms with Crippen molar-refractivity contribution in [2.45, 2.75) is 39.3 Å². The van der Waals surface area contributed by atoms with Crippen molar-refractivity contribution in [2.24, 2.45) is 0 Å². The Morgan fingerprint density at radius 1 is 0.925 bits per heavy atom. The van der Waals surface area contributed by atoms with Gasteiger partial charge in [0.25, 0.3) is 0 Å². The number of hydrogen-bond acceptors (Lipinski definition) is 7. The fraction of sp³-hybridized carbons (Fsp3) is 0.258. The van der Waals surface area contributed by atoms with Gasteiger partial charge in [-0.3, -0.25) is 4.90 Å². The van der Waals surface area contributed by atoms with Crippen LogP contribution in [0.25, 0.3) is 11.5 Å². The largest absolute Gasteiger partial charge is 0.497 e. The number of amides is 1. The number of aromatic nitrogens is 1. The molecule has 0 unspecified atom stereocenters. The number of aryl methyl sites for hydroxylation is 1. The molecule has 0 aliphatic carbocycles. The first-order valence-electron chi connectivity index (χ1n) is 12.9. The van der Waals surface area contributed by atoms with E-state index in [0.29, 0.717) is 30.4 Å². The third-order valence-corrected chi connectivity index (χ3v) is 6.55. The van der Waals surface area contributed by atoms with Gasteiger partial charge in [-0.15, -0.1) is 0 Å². The zero-order chi connectivity index (χ0) is 28.6. The summed E-state index contributed by atoms with van der Waals surface area (Å²) in [7, 11) is 1.54. The van der Waals surface area contributed by atoms with E-state index in [1.165, 1.54) is 18.9 Å². The van der Waals surface area contributed by atoms with Gasteiger partial charge in [0, 0.05) is 12.0 Å². The van der Waals surface area contributed by atoms with Gasteiger partial charge in [0.2, 0.25) is 5.89 Å². The van der Waals surface area contributed by atoms with E-state index in [4.69, 9.17) is 18.6 Å². The van der Waals surface area contributed by atoms with Crippen molar-refractivity contribution in [3.8, 4) is 28.7 Å². The van der Waals surface area contributed by atoms with Crippen LogP contribution >= 0.6 is 0 Å². The van der Waals surface area contributed by atoms with Crippen LogP contribution in [0.15, 0.2) is 83.3 Å². The average Bonchev–Trinajstić information content (AvgIpc) is 3.34. The van der Waals surface area contributed by atoms with Gasteiger partial charge in [0.15, 0.2) is 0 Å². The third-order valence-electron chi connectivity index (χ3n) is 6.55. The minimum Gasteiger partial charge on any atom is -0.497 e. The van der Waals surface area contributed by atoms with Crippen LogP contribution in [0.4, 0.5) is 4.79 Å². The Morgan fingerprint density at radius 3 is 2.17 bits per heavy atom. The SMILES string of the molecule is COc1ccc(OC(=O)N([C@H](C)C(=O)O)[C@@H](C)c2ccc(OCCc3nc(-c4ccccc4)oc3C)cc2)cc1. The highest BCUT2D eigenvalue weighted by atomic mass is 16.6. The Bertz CT molecular complexity index is 1420. The second-order valence-electron chi connectivity index (χ2n) is 9.20. The van der Waals surface area contributed by atoms with Gasteiger partial charge in [-0.25, -0.2) is 14.6 Å². The number of nitrogens with zero attached hydrogens (tertiary/aromatic N) is 2. The summed E-state index contributed by atoms with van der Waals surface area (Å²) < 4.78 is 22.3. The smallest absolute Gasteiger partial charge is 0.416 e. The minimum atomic E-state index is -1.14. The van der Waals surface area contributed by atoms with Crippen LogP contribution in [0.5, 0.6) is 17.2 Å². The van der Waals surface area contributed by atoms with Gasteiger partial charge in [0.05, 0.1) is 25.5 Å². The molecule has 3 aromatic carbocycles. The van der Waals surface area contributed by atoms with Gasteiger partial charge < -0.3 is 23.7 Å². The van der Waals surface area contributed by atoms with E-state index in [1.54, 1.807) is 55.5 Å². The van der Waals surface area contributed by atoms with Crippen LogP contribution in [0, 0.1) is 6.92 Å². The average molecular weight is 545 g/mol. The van der Waals surface area contributed by atoms with Crippen LogP contribution in [0.2, 0.25) is 0 Å².